The number of benzene rings is 2. The second-order valence-corrected chi connectivity index (χ2v) is 7.78. The molecule has 0 aliphatic carbocycles. The highest BCUT2D eigenvalue weighted by atomic mass is 35.5. The Morgan fingerprint density at radius 2 is 2.10 bits per heavy atom. The van der Waals surface area contributed by atoms with Crippen LogP contribution >= 0.6 is 11.6 Å². The van der Waals surface area contributed by atoms with E-state index < -0.39 is 48.3 Å². The maximum absolute atomic E-state index is 14.6. The van der Waals surface area contributed by atoms with Gasteiger partial charge in [0.15, 0.2) is 0 Å². The Bertz CT molecular complexity index is 1380. The van der Waals surface area contributed by atoms with E-state index in [0.29, 0.717) is 0 Å². The molecule has 1 heterocycles. The summed E-state index contributed by atoms with van der Waals surface area (Å²) in [5, 5.41) is 19.5. The number of carboxylic acids is 1. The van der Waals surface area contributed by atoms with E-state index in [4.69, 9.17) is 23.2 Å². The van der Waals surface area contributed by atoms with Crippen molar-refractivity contribution in [3.63, 3.8) is 0 Å². The Morgan fingerprint density at radius 3 is 2.71 bits per heavy atom. The third kappa shape index (κ3) is 4.29. The molecule has 3 aromatic rings. The molecule has 0 aliphatic rings. The van der Waals surface area contributed by atoms with Crippen LogP contribution in [-0.2, 0) is 6.42 Å². The summed E-state index contributed by atoms with van der Waals surface area (Å²) in [6, 6.07) is 5.19. The van der Waals surface area contributed by atoms with Crippen molar-refractivity contribution in [3.8, 4) is 5.75 Å². The number of fused-ring (bicyclic) bond motifs is 1. The van der Waals surface area contributed by atoms with Crippen molar-refractivity contribution in [2.75, 3.05) is 13.6 Å². The molecule has 0 aliphatic heterocycles. The van der Waals surface area contributed by atoms with Gasteiger partial charge in [-0.1, -0.05) is 37.6 Å². The molecule has 31 heavy (non-hydrogen) atoms. The van der Waals surface area contributed by atoms with E-state index in [2.05, 4.69) is 0 Å². The van der Waals surface area contributed by atoms with Crippen LogP contribution in [0.15, 0.2) is 41.3 Å². The lowest BCUT2D eigenvalue weighted by Crippen LogP contribution is -2.25. The molecule has 6 nitrogen and oxygen atoms in total. The lowest BCUT2D eigenvalue weighted by atomic mass is 9.98. The van der Waals surface area contributed by atoms with Gasteiger partial charge in [0, 0.05) is 24.1 Å². The number of carboxylic acid groups (broad SMARTS) is 1. The second kappa shape index (κ2) is 9.08. The smallest absolute Gasteiger partial charge is 0.341 e. The zero-order valence-electron chi connectivity index (χ0n) is 21.6. The Kier molecular flexibility index (Phi) is 4.90. The molecule has 0 fully saturated rings. The summed E-state index contributed by atoms with van der Waals surface area (Å²) in [6.07, 6.45) is 0.653. The third-order valence-electron chi connectivity index (χ3n) is 5.03. The molecular weight excluding hydrogens is 425 g/mol. The summed E-state index contributed by atoms with van der Waals surface area (Å²) < 4.78 is 59.2. The van der Waals surface area contributed by atoms with Gasteiger partial charge in [-0.2, -0.15) is 0 Å². The standard InChI is InChI=1S/C23H23ClFNO5/c1-12(2)19(11-27)26-10-16(23(29)30)22(28)15-8-14(20(31-3)9-18(15)26)7-13-5-4-6-17(24)21(13)25/h4-6,8-10,12,19,27H,7,11H2,1-3H3,(H,29,30)/t19-/m1/s1/i3D3,11D2. The van der Waals surface area contributed by atoms with Gasteiger partial charge < -0.3 is 19.5 Å². The normalized spacial score (nSPS) is 15.6. The van der Waals surface area contributed by atoms with Gasteiger partial charge in [0.1, 0.15) is 17.1 Å². The van der Waals surface area contributed by atoms with Crippen molar-refractivity contribution in [1.82, 2.24) is 4.57 Å². The van der Waals surface area contributed by atoms with E-state index in [9.17, 15) is 24.2 Å². The summed E-state index contributed by atoms with van der Waals surface area (Å²) in [5.41, 5.74) is -1.57. The van der Waals surface area contributed by atoms with E-state index in [1.54, 1.807) is 13.8 Å². The summed E-state index contributed by atoms with van der Waals surface area (Å²) >= 11 is 5.86. The van der Waals surface area contributed by atoms with Gasteiger partial charge in [-0.15, -0.1) is 0 Å². The molecule has 0 radical (unpaired) electrons. The van der Waals surface area contributed by atoms with Crippen molar-refractivity contribution < 1.29 is 31.0 Å². The minimum Gasteiger partial charge on any atom is -0.496 e. The molecule has 2 aromatic carbocycles. The number of hydrogen-bond acceptors (Lipinski definition) is 4. The summed E-state index contributed by atoms with van der Waals surface area (Å²) in [5.74, 6) is -3.20. The number of carbonyl (C=O) groups is 1. The molecule has 0 unspecified atom stereocenters. The fourth-order valence-corrected chi connectivity index (χ4v) is 3.65. The fraction of sp³-hybridized carbons (Fsp3) is 0.304. The molecule has 0 saturated carbocycles. The van der Waals surface area contributed by atoms with Crippen molar-refractivity contribution >= 4 is 28.5 Å². The maximum Gasteiger partial charge on any atom is 0.341 e. The molecule has 1 aromatic heterocycles. The Hall–Kier alpha value is -2.90. The average molecular weight is 453 g/mol. The molecule has 164 valence electrons. The van der Waals surface area contributed by atoms with Gasteiger partial charge in [0.25, 0.3) is 0 Å². The fourth-order valence-electron chi connectivity index (χ4n) is 3.46. The predicted molar refractivity (Wildman–Crippen MR) is 117 cm³/mol. The highest BCUT2D eigenvalue weighted by Gasteiger charge is 2.23. The second-order valence-electron chi connectivity index (χ2n) is 7.37. The number of aromatic nitrogens is 1. The van der Waals surface area contributed by atoms with Crippen LogP contribution in [0.5, 0.6) is 5.75 Å². The van der Waals surface area contributed by atoms with Crippen molar-refractivity contribution in [1.29, 1.82) is 0 Å². The Morgan fingerprint density at radius 1 is 1.35 bits per heavy atom. The molecule has 1 atom stereocenters. The van der Waals surface area contributed by atoms with Crippen LogP contribution in [0.3, 0.4) is 0 Å². The van der Waals surface area contributed by atoms with Crippen molar-refractivity contribution in [2.24, 2.45) is 5.92 Å². The van der Waals surface area contributed by atoms with Crippen LogP contribution in [0.4, 0.5) is 4.39 Å². The van der Waals surface area contributed by atoms with Crippen LogP contribution in [0.2, 0.25) is 5.02 Å². The number of nitrogens with zero attached hydrogens (tertiary/aromatic N) is 1. The van der Waals surface area contributed by atoms with Crippen LogP contribution in [0.1, 0.15) is 48.2 Å². The average Bonchev–Trinajstić information content (AvgIpc) is 2.71. The van der Waals surface area contributed by atoms with Gasteiger partial charge >= 0.3 is 5.97 Å². The molecular formula is C23H23ClFNO5. The first kappa shape index (κ1) is 16.8. The SMILES string of the molecule is [2H]C([2H])([2H])Oc1cc2c(cc1Cc1cccc(Cl)c1F)c(=O)c(C(=O)O)cn2[C@@H](C(C)C)C([2H])([2H])O. The van der Waals surface area contributed by atoms with Crippen LogP contribution in [0.25, 0.3) is 10.9 Å². The third-order valence-corrected chi connectivity index (χ3v) is 5.32. The van der Waals surface area contributed by atoms with Crippen LogP contribution in [0, 0.1) is 11.7 Å². The van der Waals surface area contributed by atoms with Crippen molar-refractivity contribution in [3.05, 3.63) is 74.3 Å². The van der Waals surface area contributed by atoms with Crippen LogP contribution in [-0.4, -0.2) is 34.3 Å². The lowest BCUT2D eigenvalue weighted by molar-refractivity contribution is 0.0694. The summed E-state index contributed by atoms with van der Waals surface area (Å²) in [4.78, 5) is 24.9. The van der Waals surface area contributed by atoms with E-state index in [0.717, 1.165) is 16.8 Å². The largest absolute Gasteiger partial charge is 0.496 e. The van der Waals surface area contributed by atoms with E-state index in [1.165, 1.54) is 24.3 Å². The zero-order chi connectivity index (χ0) is 27.2. The van der Waals surface area contributed by atoms with Crippen LogP contribution < -0.4 is 10.2 Å². The Balaban J connectivity index is 2.43. The molecule has 0 bridgehead atoms. The first-order valence-electron chi connectivity index (χ1n) is 11.8. The minimum atomic E-state index is -2.94. The maximum atomic E-state index is 14.6. The quantitative estimate of drug-likeness (QED) is 0.558. The number of aliphatic hydroxyl groups is 1. The van der Waals surface area contributed by atoms with Gasteiger partial charge in [-0.25, -0.2) is 9.18 Å². The first-order chi connectivity index (χ1) is 16.5. The molecule has 2 N–H and O–H groups in total. The topological polar surface area (TPSA) is 88.8 Å². The predicted octanol–water partition coefficient (Wildman–Crippen LogP) is 4.28. The number of ether oxygens (including phenoxy) is 1. The van der Waals surface area contributed by atoms with Gasteiger partial charge in [0.2, 0.25) is 5.43 Å². The zero-order valence-corrected chi connectivity index (χ0v) is 17.4. The minimum absolute atomic E-state index is 0.0547. The van der Waals surface area contributed by atoms with E-state index in [-0.39, 0.29) is 39.2 Å². The Labute approximate surface area is 190 Å². The van der Waals surface area contributed by atoms with Gasteiger partial charge in [-0.3, -0.25) is 4.79 Å². The number of halogens is 2. The summed E-state index contributed by atoms with van der Waals surface area (Å²) in [6.45, 7) is 0.318. The lowest BCUT2D eigenvalue weighted by Gasteiger charge is -2.25. The highest BCUT2D eigenvalue weighted by molar-refractivity contribution is 6.30. The number of aromatic carboxylic acids is 1. The summed E-state index contributed by atoms with van der Waals surface area (Å²) in [7, 11) is -2.94. The number of hydrogen-bond donors (Lipinski definition) is 2. The number of methoxy groups -OCH3 is 1. The molecule has 3 rings (SSSR count). The molecule has 0 spiro atoms. The van der Waals surface area contributed by atoms with E-state index in [1.807, 2.05) is 0 Å². The first-order valence-corrected chi connectivity index (χ1v) is 9.68. The van der Waals surface area contributed by atoms with Gasteiger partial charge in [0.05, 0.1) is 37.0 Å². The van der Waals surface area contributed by atoms with Gasteiger partial charge in [-0.05, 0) is 29.2 Å². The monoisotopic (exact) mass is 452 g/mol. The molecule has 8 heteroatoms. The highest BCUT2D eigenvalue weighted by Crippen LogP contribution is 2.31. The molecule has 0 amide bonds. The van der Waals surface area contributed by atoms with E-state index >= 15 is 0 Å². The van der Waals surface area contributed by atoms with Crippen molar-refractivity contribution in [2.45, 2.75) is 26.3 Å². The molecule has 0 saturated heterocycles. The number of rotatable bonds is 7. The number of pyridine rings is 1.